The van der Waals surface area contributed by atoms with Crippen molar-refractivity contribution in [3.05, 3.63) is 34.2 Å². The van der Waals surface area contributed by atoms with Crippen LogP contribution >= 0.6 is 23.2 Å². The van der Waals surface area contributed by atoms with Crippen molar-refractivity contribution in [2.24, 2.45) is 0 Å². The Kier molecular flexibility index (Phi) is 3.62. The number of pyridine rings is 1. The third kappa shape index (κ3) is 2.09. The van der Waals surface area contributed by atoms with Crippen molar-refractivity contribution in [1.82, 2.24) is 9.38 Å². The Labute approximate surface area is 124 Å². The fourth-order valence-electron chi connectivity index (χ4n) is 2.42. The van der Waals surface area contributed by atoms with E-state index in [9.17, 15) is 10.2 Å². The second-order valence-electron chi connectivity index (χ2n) is 4.62. The maximum atomic E-state index is 10.1. The minimum absolute atomic E-state index is 0.278. The molecule has 3 rings (SSSR count). The van der Waals surface area contributed by atoms with Crippen LogP contribution in [0.25, 0.3) is 5.65 Å². The van der Waals surface area contributed by atoms with Crippen molar-refractivity contribution >= 4 is 28.8 Å². The molecule has 0 spiro atoms. The van der Waals surface area contributed by atoms with Crippen molar-refractivity contribution in [3.63, 3.8) is 0 Å². The lowest BCUT2D eigenvalue weighted by molar-refractivity contribution is -0.0242. The summed E-state index contributed by atoms with van der Waals surface area (Å²) in [5, 5.41) is 29.7. The van der Waals surface area contributed by atoms with Gasteiger partial charge in [0.15, 0.2) is 0 Å². The first-order valence-electron chi connectivity index (χ1n) is 5.98. The summed E-state index contributed by atoms with van der Waals surface area (Å²) in [6.07, 6.45) is -2.57. The van der Waals surface area contributed by atoms with Gasteiger partial charge in [0.25, 0.3) is 0 Å². The van der Waals surface area contributed by atoms with E-state index in [1.807, 2.05) is 0 Å². The highest BCUT2D eigenvalue weighted by Crippen LogP contribution is 2.37. The number of aliphatic hydroxyl groups is 3. The second-order valence-corrected chi connectivity index (χ2v) is 5.41. The summed E-state index contributed by atoms with van der Waals surface area (Å²) in [7, 11) is 0. The van der Waals surface area contributed by atoms with E-state index in [1.165, 1.54) is 0 Å². The average Bonchev–Trinajstić information content (AvgIpc) is 2.92. The van der Waals surface area contributed by atoms with E-state index in [2.05, 4.69) is 4.98 Å². The first-order chi connectivity index (χ1) is 9.52. The summed E-state index contributed by atoms with van der Waals surface area (Å²) in [4.78, 5) is 4.09. The molecule has 0 bridgehead atoms. The molecule has 2 aromatic heterocycles. The van der Waals surface area contributed by atoms with Crippen molar-refractivity contribution in [3.8, 4) is 0 Å². The Hall–Kier alpha value is -0.890. The fourth-order valence-corrected chi connectivity index (χ4v) is 2.87. The smallest absolute Gasteiger partial charge is 0.148 e. The van der Waals surface area contributed by atoms with Gasteiger partial charge in [-0.05, 0) is 12.1 Å². The Morgan fingerprint density at radius 1 is 1.25 bits per heavy atom. The van der Waals surface area contributed by atoms with Gasteiger partial charge in [-0.2, -0.15) is 0 Å². The molecule has 1 fully saturated rings. The van der Waals surface area contributed by atoms with Crippen LogP contribution in [0.4, 0.5) is 0 Å². The molecule has 8 heteroatoms. The molecule has 6 nitrogen and oxygen atoms in total. The maximum absolute atomic E-state index is 10.1. The van der Waals surface area contributed by atoms with Crippen LogP contribution < -0.4 is 0 Å². The van der Waals surface area contributed by atoms with E-state index in [1.54, 1.807) is 22.7 Å². The molecule has 4 atom stereocenters. The third-order valence-corrected chi connectivity index (χ3v) is 3.90. The first-order valence-corrected chi connectivity index (χ1v) is 6.74. The van der Waals surface area contributed by atoms with Crippen molar-refractivity contribution in [2.75, 3.05) is 6.61 Å². The molecule has 1 saturated heterocycles. The molecule has 0 radical (unpaired) electrons. The molecular weight excluding hydrogens is 307 g/mol. The predicted molar refractivity (Wildman–Crippen MR) is 71.9 cm³/mol. The van der Waals surface area contributed by atoms with Gasteiger partial charge < -0.3 is 20.1 Å². The number of halogens is 2. The first kappa shape index (κ1) is 14.1. The highest BCUT2D eigenvalue weighted by atomic mass is 35.5. The Morgan fingerprint density at radius 3 is 2.65 bits per heavy atom. The largest absolute Gasteiger partial charge is 0.394 e. The molecule has 0 amide bonds. The highest BCUT2D eigenvalue weighted by molar-refractivity contribution is 6.31. The monoisotopic (exact) mass is 318 g/mol. The van der Waals surface area contributed by atoms with Gasteiger partial charge in [0.05, 0.1) is 17.3 Å². The topological polar surface area (TPSA) is 87.2 Å². The van der Waals surface area contributed by atoms with E-state index < -0.39 is 31.0 Å². The third-order valence-electron chi connectivity index (χ3n) is 3.40. The average molecular weight is 319 g/mol. The molecule has 0 saturated carbocycles. The van der Waals surface area contributed by atoms with Crippen LogP contribution in [0.5, 0.6) is 0 Å². The number of ether oxygens (including phenoxy) is 1. The standard InChI is InChI=1S/C12H12Cl2N2O4/c13-5-1-2-8-15-7(14)3-16(8)9(5)12-11(19)10(18)6(4-17)20-12/h1-3,6,10-12,17-19H,4H2/t6-,10+,11+,12?/m1/s1. The summed E-state index contributed by atoms with van der Waals surface area (Å²) < 4.78 is 7.10. The summed E-state index contributed by atoms with van der Waals surface area (Å²) in [5.74, 6) is 0. The molecule has 1 unspecified atom stereocenters. The summed E-state index contributed by atoms with van der Waals surface area (Å²) in [6, 6.07) is 3.29. The van der Waals surface area contributed by atoms with Crippen molar-refractivity contribution in [2.45, 2.75) is 24.4 Å². The van der Waals surface area contributed by atoms with Crippen LogP contribution in [0.2, 0.25) is 10.2 Å². The summed E-state index contributed by atoms with van der Waals surface area (Å²) >= 11 is 12.0. The molecule has 1 aliphatic heterocycles. The van der Waals surface area contributed by atoms with Crippen LogP contribution in [-0.2, 0) is 4.74 Å². The molecule has 1 aliphatic rings. The lowest BCUT2D eigenvalue weighted by Gasteiger charge is -2.18. The van der Waals surface area contributed by atoms with Crippen LogP contribution in [0.15, 0.2) is 18.3 Å². The minimum Gasteiger partial charge on any atom is -0.394 e. The molecular formula is C12H12Cl2N2O4. The van der Waals surface area contributed by atoms with Crippen molar-refractivity contribution < 1.29 is 20.1 Å². The Morgan fingerprint density at radius 2 is 2.00 bits per heavy atom. The summed E-state index contributed by atoms with van der Waals surface area (Å²) in [6.45, 7) is -0.396. The van der Waals surface area contributed by atoms with Crippen LogP contribution in [0.3, 0.4) is 0 Å². The molecule has 0 aliphatic carbocycles. The molecule has 108 valence electrons. The van der Waals surface area contributed by atoms with E-state index >= 15 is 0 Å². The van der Waals surface area contributed by atoms with Gasteiger partial charge in [-0.1, -0.05) is 23.2 Å². The number of hydrogen-bond acceptors (Lipinski definition) is 5. The second kappa shape index (κ2) is 5.14. The number of aromatic nitrogens is 2. The number of imidazole rings is 1. The maximum Gasteiger partial charge on any atom is 0.148 e. The SMILES string of the molecule is OC[C@H]1OC(c2c(Cl)ccc3nc(Cl)cn23)[C@@H](O)[C@H]1O. The van der Waals surface area contributed by atoms with Crippen molar-refractivity contribution in [1.29, 1.82) is 0 Å². The van der Waals surface area contributed by atoms with Gasteiger partial charge in [0, 0.05) is 6.20 Å². The van der Waals surface area contributed by atoms with Crippen LogP contribution in [-0.4, -0.2) is 49.6 Å². The number of fused-ring (bicyclic) bond motifs is 1. The minimum atomic E-state index is -1.20. The van der Waals surface area contributed by atoms with Gasteiger partial charge in [0.1, 0.15) is 35.2 Å². The lowest BCUT2D eigenvalue weighted by atomic mass is 10.1. The number of hydrogen-bond donors (Lipinski definition) is 3. The zero-order valence-electron chi connectivity index (χ0n) is 10.1. The highest BCUT2D eigenvalue weighted by Gasteiger charge is 2.44. The van der Waals surface area contributed by atoms with Gasteiger partial charge in [-0.15, -0.1) is 0 Å². The lowest BCUT2D eigenvalue weighted by Crippen LogP contribution is -2.32. The molecule has 3 N–H and O–H groups in total. The van der Waals surface area contributed by atoms with Crippen LogP contribution in [0, 0.1) is 0 Å². The predicted octanol–water partition coefficient (Wildman–Crippen LogP) is 0.795. The van der Waals surface area contributed by atoms with Gasteiger partial charge >= 0.3 is 0 Å². The zero-order chi connectivity index (χ0) is 14.4. The molecule has 0 aromatic carbocycles. The molecule has 20 heavy (non-hydrogen) atoms. The molecule has 2 aromatic rings. The molecule has 3 heterocycles. The normalized spacial score (nSPS) is 30.2. The Balaban J connectivity index is 2.12. The quantitative estimate of drug-likeness (QED) is 0.762. The van der Waals surface area contributed by atoms with E-state index in [0.717, 1.165) is 0 Å². The van der Waals surface area contributed by atoms with E-state index in [0.29, 0.717) is 16.4 Å². The van der Waals surface area contributed by atoms with E-state index in [-0.39, 0.29) is 5.15 Å². The van der Waals surface area contributed by atoms with E-state index in [4.69, 9.17) is 33.0 Å². The van der Waals surface area contributed by atoms with Crippen LogP contribution in [0.1, 0.15) is 11.8 Å². The van der Waals surface area contributed by atoms with Gasteiger partial charge in [-0.25, -0.2) is 4.98 Å². The zero-order valence-corrected chi connectivity index (χ0v) is 11.7. The van der Waals surface area contributed by atoms with Gasteiger partial charge in [-0.3, -0.25) is 4.40 Å². The number of nitrogens with zero attached hydrogens (tertiary/aromatic N) is 2. The summed E-state index contributed by atoms with van der Waals surface area (Å²) in [5.41, 5.74) is 0.984. The Bertz CT molecular complexity index is 648. The number of aliphatic hydroxyl groups excluding tert-OH is 3. The number of rotatable bonds is 2. The fraction of sp³-hybridized carbons (Fsp3) is 0.417. The van der Waals surface area contributed by atoms with Gasteiger partial charge in [0.2, 0.25) is 0 Å².